The zero-order valence-electron chi connectivity index (χ0n) is 10.6. The second kappa shape index (κ2) is 7.93. The highest BCUT2D eigenvalue weighted by Crippen LogP contribution is 2.27. The monoisotopic (exact) mass is 260 g/mol. The third-order valence-electron chi connectivity index (χ3n) is 3.96. The van der Waals surface area contributed by atoms with Gasteiger partial charge >= 0.3 is 0 Å². The highest BCUT2D eigenvalue weighted by Gasteiger charge is 2.19. The number of nitrogens with one attached hydrogen (secondary N) is 1. The molecule has 2 rings (SSSR count). The molecule has 2 aliphatic rings. The van der Waals surface area contributed by atoms with Crippen LogP contribution in [0.25, 0.3) is 0 Å². The molecule has 0 aromatic rings. The molecule has 0 aromatic carbocycles. The van der Waals surface area contributed by atoms with Crippen LogP contribution in [0.3, 0.4) is 0 Å². The summed E-state index contributed by atoms with van der Waals surface area (Å²) in [5.41, 5.74) is 0. The van der Waals surface area contributed by atoms with Crippen molar-refractivity contribution in [2.24, 2.45) is 5.92 Å². The van der Waals surface area contributed by atoms with E-state index < -0.39 is 0 Å². The number of nitrogens with zero attached hydrogens (tertiary/aromatic N) is 1. The van der Waals surface area contributed by atoms with Gasteiger partial charge in [-0.1, -0.05) is 32.1 Å². The maximum absolute atomic E-state index is 11.9. The van der Waals surface area contributed by atoms with Gasteiger partial charge in [0, 0.05) is 32.6 Å². The minimum atomic E-state index is 0. The van der Waals surface area contributed by atoms with E-state index >= 15 is 0 Å². The van der Waals surface area contributed by atoms with Crippen molar-refractivity contribution in [3.63, 3.8) is 0 Å². The number of halogens is 1. The lowest BCUT2D eigenvalue weighted by atomic mass is 9.86. The fourth-order valence-corrected chi connectivity index (χ4v) is 2.88. The average Bonchev–Trinajstić information content (AvgIpc) is 2.38. The third kappa shape index (κ3) is 4.84. The van der Waals surface area contributed by atoms with Crippen LogP contribution in [0, 0.1) is 5.92 Å². The highest BCUT2D eigenvalue weighted by atomic mass is 35.5. The van der Waals surface area contributed by atoms with Crippen LogP contribution in [0.4, 0.5) is 0 Å². The molecule has 4 heteroatoms. The number of hydrogen-bond acceptors (Lipinski definition) is 2. The zero-order chi connectivity index (χ0) is 11.2. The number of carbonyl (C=O) groups excluding carboxylic acids is 1. The molecular formula is C13H25ClN2O. The van der Waals surface area contributed by atoms with Crippen LogP contribution in [0.5, 0.6) is 0 Å². The minimum absolute atomic E-state index is 0. The van der Waals surface area contributed by atoms with Crippen molar-refractivity contribution in [3.8, 4) is 0 Å². The lowest BCUT2D eigenvalue weighted by molar-refractivity contribution is -0.132. The zero-order valence-corrected chi connectivity index (χ0v) is 11.4. The van der Waals surface area contributed by atoms with Crippen molar-refractivity contribution < 1.29 is 4.79 Å². The van der Waals surface area contributed by atoms with Gasteiger partial charge in [0.25, 0.3) is 0 Å². The molecule has 1 amide bonds. The third-order valence-corrected chi connectivity index (χ3v) is 3.96. The Morgan fingerprint density at radius 2 is 1.76 bits per heavy atom. The summed E-state index contributed by atoms with van der Waals surface area (Å²) in [6.07, 6.45) is 8.79. The van der Waals surface area contributed by atoms with Crippen LogP contribution in [-0.2, 0) is 4.79 Å². The Bertz CT molecular complexity index is 223. The molecule has 1 aliphatic carbocycles. The van der Waals surface area contributed by atoms with Crippen LogP contribution >= 0.6 is 12.4 Å². The molecule has 2 fully saturated rings. The van der Waals surface area contributed by atoms with Gasteiger partial charge < -0.3 is 10.2 Å². The first-order valence-electron chi connectivity index (χ1n) is 6.85. The molecule has 1 saturated heterocycles. The number of hydrogen-bond donors (Lipinski definition) is 1. The van der Waals surface area contributed by atoms with Crippen molar-refractivity contribution in [2.75, 3.05) is 26.2 Å². The van der Waals surface area contributed by atoms with Gasteiger partial charge in [0.05, 0.1) is 0 Å². The van der Waals surface area contributed by atoms with Gasteiger partial charge in [-0.25, -0.2) is 0 Å². The number of amides is 1. The molecule has 0 unspecified atom stereocenters. The summed E-state index contributed by atoms with van der Waals surface area (Å²) in [7, 11) is 0. The molecule has 1 N–H and O–H groups in total. The molecule has 1 saturated carbocycles. The van der Waals surface area contributed by atoms with Gasteiger partial charge in [-0.05, 0) is 12.3 Å². The van der Waals surface area contributed by atoms with Crippen LogP contribution in [0.2, 0.25) is 0 Å². The molecule has 0 atom stereocenters. The molecule has 0 spiro atoms. The van der Waals surface area contributed by atoms with Gasteiger partial charge in [0.1, 0.15) is 0 Å². The molecule has 17 heavy (non-hydrogen) atoms. The normalized spacial score (nSPS) is 22.0. The SMILES string of the molecule is Cl.O=C(CCC1CCCCC1)N1CCNCC1. The molecule has 1 heterocycles. The van der Waals surface area contributed by atoms with Crippen molar-refractivity contribution in [1.82, 2.24) is 10.2 Å². The van der Waals surface area contributed by atoms with Crippen molar-refractivity contribution in [1.29, 1.82) is 0 Å². The Balaban J connectivity index is 0.00000144. The van der Waals surface area contributed by atoms with E-state index in [0.29, 0.717) is 5.91 Å². The largest absolute Gasteiger partial charge is 0.340 e. The number of piperazine rings is 1. The van der Waals surface area contributed by atoms with Crippen LogP contribution in [0.15, 0.2) is 0 Å². The molecule has 3 nitrogen and oxygen atoms in total. The first kappa shape index (κ1) is 14.8. The fraction of sp³-hybridized carbons (Fsp3) is 0.923. The Labute approximate surface area is 111 Å². The highest BCUT2D eigenvalue weighted by molar-refractivity contribution is 5.85. The van der Waals surface area contributed by atoms with E-state index in [9.17, 15) is 4.79 Å². The Kier molecular flexibility index (Phi) is 6.90. The van der Waals surface area contributed by atoms with E-state index in [1.165, 1.54) is 32.1 Å². The minimum Gasteiger partial charge on any atom is -0.340 e. The molecular weight excluding hydrogens is 236 g/mol. The van der Waals surface area contributed by atoms with Crippen LogP contribution in [-0.4, -0.2) is 37.0 Å². The lowest BCUT2D eigenvalue weighted by Gasteiger charge is -2.28. The molecule has 0 bridgehead atoms. The summed E-state index contributed by atoms with van der Waals surface area (Å²) in [5, 5.41) is 3.28. The summed E-state index contributed by atoms with van der Waals surface area (Å²) in [4.78, 5) is 14.0. The van der Waals surface area contributed by atoms with E-state index in [0.717, 1.165) is 44.9 Å². The Morgan fingerprint density at radius 1 is 1.12 bits per heavy atom. The van der Waals surface area contributed by atoms with Gasteiger partial charge in [0.15, 0.2) is 0 Å². The van der Waals surface area contributed by atoms with Crippen molar-refractivity contribution in [3.05, 3.63) is 0 Å². The first-order valence-corrected chi connectivity index (χ1v) is 6.85. The smallest absolute Gasteiger partial charge is 0.222 e. The second-order valence-corrected chi connectivity index (χ2v) is 5.17. The van der Waals surface area contributed by atoms with Gasteiger partial charge in [0.2, 0.25) is 5.91 Å². The number of rotatable bonds is 3. The van der Waals surface area contributed by atoms with E-state index in [1.807, 2.05) is 4.90 Å². The van der Waals surface area contributed by atoms with E-state index in [2.05, 4.69) is 5.32 Å². The average molecular weight is 261 g/mol. The Morgan fingerprint density at radius 3 is 2.41 bits per heavy atom. The maximum Gasteiger partial charge on any atom is 0.222 e. The van der Waals surface area contributed by atoms with Crippen LogP contribution in [0.1, 0.15) is 44.9 Å². The lowest BCUT2D eigenvalue weighted by Crippen LogP contribution is -2.46. The van der Waals surface area contributed by atoms with E-state index in [1.54, 1.807) is 0 Å². The number of carbonyl (C=O) groups is 1. The van der Waals surface area contributed by atoms with E-state index in [4.69, 9.17) is 0 Å². The van der Waals surface area contributed by atoms with Gasteiger partial charge in [-0.2, -0.15) is 0 Å². The molecule has 0 radical (unpaired) electrons. The summed E-state index contributed by atoms with van der Waals surface area (Å²) in [5.74, 6) is 1.22. The predicted molar refractivity (Wildman–Crippen MR) is 72.5 cm³/mol. The topological polar surface area (TPSA) is 32.3 Å². The summed E-state index contributed by atoms with van der Waals surface area (Å²) in [6.45, 7) is 3.75. The van der Waals surface area contributed by atoms with Crippen molar-refractivity contribution >= 4 is 18.3 Å². The molecule has 0 aromatic heterocycles. The predicted octanol–water partition coefficient (Wildman–Crippen LogP) is 2.20. The van der Waals surface area contributed by atoms with Gasteiger partial charge in [-0.3, -0.25) is 4.79 Å². The summed E-state index contributed by atoms with van der Waals surface area (Å²) >= 11 is 0. The molecule has 100 valence electrons. The molecule has 1 aliphatic heterocycles. The Hall–Kier alpha value is -0.280. The summed E-state index contributed by atoms with van der Waals surface area (Å²) in [6, 6.07) is 0. The van der Waals surface area contributed by atoms with Crippen LogP contribution < -0.4 is 5.32 Å². The second-order valence-electron chi connectivity index (χ2n) is 5.17. The standard InChI is InChI=1S/C13H24N2O.ClH/c16-13(15-10-8-14-9-11-15)7-6-12-4-2-1-3-5-12;/h12,14H,1-11H2;1H. The van der Waals surface area contributed by atoms with Gasteiger partial charge in [-0.15, -0.1) is 12.4 Å². The maximum atomic E-state index is 11.9. The summed E-state index contributed by atoms with van der Waals surface area (Å²) < 4.78 is 0. The fourth-order valence-electron chi connectivity index (χ4n) is 2.88. The first-order chi connectivity index (χ1) is 7.86. The quantitative estimate of drug-likeness (QED) is 0.844. The van der Waals surface area contributed by atoms with E-state index in [-0.39, 0.29) is 12.4 Å². The van der Waals surface area contributed by atoms with Crippen molar-refractivity contribution in [2.45, 2.75) is 44.9 Å².